The predicted molar refractivity (Wildman–Crippen MR) is 53.2 cm³/mol. The predicted octanol–water partition coefficient (Wildman–Crippen LogP) is 2.39. The highest BCUT2D eigenvalue weighted by Gasteiger charge is 2.21. The third-order valence-electron chi connectivity index (χ3n) is 1.63. The van der Waals surface area contributed by atoms with Gasteiger partial charge < -0.3 is 5.11 Å². The molecule has 1 aromatic rings. The van der Waals surface area contributed by atoms with Gasteiger partial charge in [-0.05, 0) is 34.2 Å². The molecule has 0 bridgehead atoms. The molecule has 0 radical (unpaired) electrons. The van der Waals surface area contributed by atoms with Crippen LogP contribution in [0.2, 0.25) is 0 Å². The number of pyridine rings is 1. The highest BCUT2D eigenvalue weighted by atomic mass is 127. The Balaban J connectivity index is 3.26. The van der Waals surface area contributed by atoms with E-state index in [4.69, 9.17) is 5.11 Å². The largest absolute Gasteiger partial charge is 0.481 e. The lowest BCUT2D eigenvalue weighted by Crippen LogP contribution is -2.08. The van der Waals surface area contributed by atoms with Gasteiger partial charge in [0, 0.05) is 0 Å². The Hall–Kier alpha value is -0.860. The van der Waals surface area contributed by atoms with Gasteiger partial charge in [-0.15, -0.1) is 0 Å². The lowest BCUT2D eigenvalue weighted by atomic mass is 10.1. The molecule has 0 fully saturated rings. The highest BCUT2D eigenvalue weighted by molar-refractivity contribution is 14.1. The molecule has 0 unspecified atom stereocenters. The Bertz CT molecular complexity index is 398. The molecule has 0 saturated heterocycles. The number of hydrogen-bond acceptors (Lipinski definition) is 2. The first kappa shape index (κ1) is 12.2. The van der Waals surface area contributed by atoms with Crippen molar-refractivity contribution in [3.8, 4) is 0 Å². The average molecular weight is 331 g/mol. The first-order valence-electron chi connectivity index (χ1n) is 3.76. The molecule has 3 nitrogen and oxygen atoms in total. The molecule has 0 aromatic carbocycles. The lowest BCUT2D eigenvalue weighted by molar-refractivity contribution is -0.136. The quantitative estimate of drug-likeness (QED) is 0.684. The normalized spacial score (nSPS) is 10.7. The van der Waals surface area contributed by atoms with Crippen LogP contribution in [0.25, 0.3) is 0 Å². The van der Waals surface area contributed by atoms with E-state index < -0.39 is 30.3 Å². The van der Waals surface area contributed by atoms with Gasteiger partial charge in [-0.25, -0.2) is 13.8 Å². The number of carbonyl (C=O) groups is 1. The molecule has 1 N–H and O–H groups in total. The van der Waals surface area contributed by atoms with Gasteiger partial charge >= 0.3 is 5.97 Å². The van der Waals surface area contributed by atoms with Crippen molar-refractivity contribution in [3.63, 3.8) is 0 Å². The Morgan fingerprint density at radius 2 is 2.20 bits per heavy atom. The molecule has 1 aromatic heterocycles. The van der Waals surface area contributed by atoms with Crippen molar-refractivity contribution in [1.82, 2.24) is 4.98 Å². The summed E-state index contributed by atoms with van der Waals surface area (Å²) >= 11 is 1.63. The Morgan fingerprint density at radius 1 is 1.60 bits per heavy atom. The van der Waals surface area contributed by atoms with E-state index in [9.17, 15) is 18.0 Å². The topological polar surface area (TPSA) is 50.2 Å². The van der Waals surface area contributed by atoms with Crippen molar-refractivity contribution in [2.75, 3.05) is 0 Å². The number of aliphatic carboxylic acids is 1. The minimum Gasteiger partial charge on any atom is -0.481 e. The highest BCUT2D eigenvalue weighted by Crippen LogP contribution is 2.26. The summed E-state index contributed by atoms with van der Waals surface area (Å²) in [6.07, 6.45) is -3.71. The van der Waals surface area contributed by atoms with Crippen LogP contribution in [0.15, 0.2) is 6.07 Å². The Labute approximate surface area is 96.5 Å². The zero-order chi connectivity index (χ0) is 11.6. The van der Waals surface area contributed by atoms with Crippen molar-refractivity contribution >= 4 is 28.6 Å². The van der Waals surface area contributed by atoms with Crippen LogP contribution in [0.1, 0.15) is 17.6 Å². The van der Waals surface area contributed by atoms with Gasteiger partial charge in [0.15, 0.2) is 0 Å². The van der Waals surface area contributed by atoms with Crippen LogP contribution in [-0.2, 0) is 11.2 Å². The minimum absolute atomic E-state index is 0.144. The molecule has 82 valence electrons. The number of rotatable bonds is 3. The van der Waals surface area contributed by atoms with E-state index >= 15 is 0 Å². The van der Waals surface area contributed by atoms with E-state index in [1.54, 1.807) is 22.6 Å². The Kier molecular flexibility index (Phi) is 3.89. The summed E-state index contributed by atoms with van der Waals surface area (Å²) in [5.41, 5.74) is -1.17. The van der Waals surface area contributed by atoms with Crippen molar-refractivity contribution in [3.05, 3.63) is 26.8 Å². The molecule has 0 amide bonds. The maximum atomic E-state index is 13.0. The molecule has 0 aliphatic carbocycles. The third-order valence-corrected chi connectivity index (χ3v) is 2.18. The van der Waals surface area contributed by atoms with Gasteiger partial charge in [-0.3, -0.25) is 4.79 Å². The number of carboxylic acids is 1. The number of halogens is 4. The number of aromatic nitrogens is 1. The second kappa shape index (κ2) is 4.77. The molecule has 7 heteroatoms. The summed E-state index contributed by atoms with van der Waals surface area (Å²) in [5, 5.41) is 8.46. The Morgan fingerprint density at radius 3 is 2.67 bits per heavy atom. The second-order valence-electron chi connectivity index (χ2n) is 2.68. The van der Waals surface area contributed by atoms with Crippen molar-refractivity contribution in [1.29, 1.82) is 0 Å². The SMILES string of the molecule is O=C(O)Cc1cc(I)nc(F)c1C(F)F. The molecular formula is C8H5F3INO2. The smallest absolute Gasteiger partial charge is 0.307 e. The van der Waals surface area contributed by atoms with Crippen molar-refractivity contribution in [2.24, 2.45) is 0 Å². The third kappa shape index (κ3) is 3.05. The van der Waals surface area contributed by atoms with Crippen molar-refractivity contribution < 1.29 is 23.1 Å². The maximum Gasteiger partial charge on any atom is 0.307 e. The van der Waals surface area contributed by atoms with Gasteiger partial charge in [0.2, 0.25) is 5.95 Å². The molecule has 0 atom stereocenters. The lowest BCUT2D eigenvalue weighted by Gasteiger charge is -2.07. The van der Waals surface area contributed by atoms with E-state index in [-0.39, 0.29) is 9.26 Å². The zero-order valence-electron chi connectivity index (χ0n) is 7.18. The fourth-order valence-electron chi connectivity index (χ4n) is 1.08. The summed E-state index contributed by atoms with van der Waals surface area (Å²) in [5.74, 6) is -2.61. The summed E-state index contributed by atoms with van der Waals surface area (Å²) < 4.78 is 38.0. The number of alkyl halides is 2. The molecule has 0 aliphatic rings. The van der Waals surface area contributed by atoms with Gasteiger partial charge in [0.1, 0.15) is 3.70 Å². The summed E-state index contributed by atoms with van der Waals surface area (Å²) in [6.45, 7) is 0. The molecule has 0 saturated carbocycles. The second-order valence-corrected chi connectivity index (χ2v) is 3.79. The van der Waals surface area contributed by atoms with E-state index in [1.165, 1.54) is 0 Å². The molecular weight excluding hydrogens is 326 g/mol. The summed E-state index contributed by atoms with van der Waals surface area (Å²) in [4.78, 5) is 13.6. The zero-order valence-corrected chi connectivity index (χ0v) is 9.33. The average Bonchev–Trinajstić information content (AvgIpc) is 1.99. The van der Waals surface area contributed by atoms with Crippen LogP contribution in [-0.4, -0.2) is 16.1 Å². The van der Waals surface area contributed by atoms with E-state index in [0.29, 0.717) is 0 Å². The van der Waals surface area contributed by atoms with Gasteiger partial charge in [-0.1, -0.05) is 0 Å². The summed E-state index contributed by atoms with van der Waals surface area (Å²) in [7, 11) is 0. The van der Waals surface area contributed by atoms with Gasteiger partial charge in [-0.2, -0.15) is 4.39 Å². The molecule has 15 heavy (non-hydrogen) atoms. The van der Waals surface area contributed by atoms with Crippen LogP contribution >= 0.6 is 22.6 Å². The first-order chi connectivity index (χ1) is 6.91. The minimum atomic E-state index is -3.07. The molecule has 0 spiro atoms. The van der Waals surface area contributed by atoms with Crippen LogP contribution in [0, 0.1) is 9.65 Å². The maximum absolute atomic E-state index is 13.0. The van der Waals surface area contributed by atoms with E-state index in [1.807, 2.05) is 0 Å². The molecule has 1 heterocycles. The first-order valence-corrected chi connectivity index (χ1v) is 4.84. The monoisotopic (exact) mass is 331 g/mol. The fraction of sp³-hybridized carbons (Fsp3) is 0.250. The van der Waals surface area contributed by atoms with Crippen molar-refractivity contribution in [2.45, 2.75) is 12.8 Å². The number of nitrogens with zero attached hydrogens (tertiary/aromatic N) is 1. The van der Waals surface area contributed by atoms with Gasteiger partial charge in [0.25, 0.3) is 6.43 Å². The van der Waals surface area contributed by atoms with Crippen LogP contribution in [0.5, 0.6) is 0 Å². The number of carboxylic acid groups (broad SMARTS) is 1. The molecule has 1 rings (SSSR count). The molecule has 0 aliphatic heterocycles. The van der Waals surface area contributed by atoms with Gasteiger partial charge in [0.05, 0.1) is 12.0 Å². The standard InChI is InChI=1S/C8H5F3INO2/c9-7(10)6-3(2-5(14)15)1-4(12)13-8(6)11/h1,7H,2H2,(H,14,15). The number of hydrogen-bond donors (Lipinski definition) is 1. The van der Waals surface area contributed by atoms with E-state index in [0.717, 1.165) is 6.07 Å². The van der Waals surface area contributed by atoms with Crippen LogP contribution < -0.4 is 0 Å². The van der Waals surface area contributed by atoms with E-state index in [2.05, 4.69) is 4.98 Å². The fourth-order valence-corrected chi connectivity index (χ4v) is 1.67. The summed E-state index contributed by atoms with van der Waals surface area (Å²) in [6, 6.07) is 1.14. The van der Waals surface area contributed by atoms with Crippen LogP contribution in [0.4, 0.5) is 13.2 Å². The van der Waals surface area contributed by atoms with Crippen LogP contribution in [0.3, 0.4) is 0 Å².